The van der Waals surface area contributed by atoms with Crippen molar-refractivity contribution in [3.8, 4) is 0 Å². The summed E-state index contributed by atoms with van der Waals surface area (Å²) in [6.45, 7) is 3.81. The predicted molar refractivity (Wildman–Crippen MR) is 50.0 cm³/mol. The van der Waals surface area contributed by atoms with Gasteiger partial charge in [0.05, 0.1) is 6.10 Å². The van der Waals surface area contributed by atoms with Crippen LogP contribution in [0.1, 0.15) is 13.8 Å². The van der Waals surface area contributed by atoms with Crippen molar-refractivity contribution in [2.75, 3.05) is 0 Å². The van der Waals surface area contributed by atoms with E-state index < -0.39 is 0 Å². The van der Waals surface area contributed by atoms with Crippen LogP contribution in [0.4, 0.5) is 0 Å². The first-order valence-corrected chi connectivity index (χ1v) is 2.88. The number of rotatable bonds is 1. The third kappa shape index (κ3) is 17.6. The van der Waals surface area contributed by atoms with Crippen LogP contribution in [0.5, 0.6) is 0 Å². The summed E-state index contributed by atoms with van der Waals surface area (Å²) in [6, 6.07) is 0. The van der Waals surface area contributed by atoms with Gasteiger partial charge < -0.3 is 10.9 Å². The van der Waals surface area contributed by atoms with Gasteiger partial charge in [-0.2, -0.15) is 0 Å². The standard InChI is InChI=1S/C4H8OS2.H3N.Na.H/c1-3(2)5-4(6)7;;;/h3H,1-2H3,(H,6,7);1H3;;. The molecule has 0 aromatic rings. The van der Waals surface area contributed by atoms with E-state index in [1.165, 1.54) is 0 Å². The molecule has 0 aliphatic rings. The molecule has 0 saturated heterocycles. The Morgan fingerprint density at radius 3 is 1.89 bits per heavy atom. The summed E-state index contributed by atoms with van der Waals surface area (Å²) < 4.78 is 5.16. The van der Waals surface area contributed by atoms with Gasteiger partial charge in [-0.3, -0.25) is 0 Å². The first kappa shape index (κ1) is 16.7. The Labute approximate surface area is 89.0 Å². The Balaban J connectivity index is -0.000000180. The van der Waals surface area contributed by atoms with Crippen LogP contribution in [0.2, 0.25) is 0 Å². The molecule has 0 radical (unpaired) electrons. The van der Waals surface area contributed by atoms with Crippen LogP contribution in [-0.2, 0) is 4.74 Å². The van der Waals surface area contributed by atoms with Crippen LogP contribution in [0.3, 0.4) is 0 Å². The van der Waals surface area contributed by atoms with Gasteiger partial charge in [-0.05, 0) is 26.1 Å². The molecule has 0 spiro atoms. The number of hydrogen-bond acceptors (Lipinski definition) is 3. The molecule has 0 fully saturated rings. The van der Waals surface area contributed by atoms with Crippen LogP contribution >= 0.6 is 24.8 Å². The molecule has 3 N–H and O–H groups in total. The van der Waals surface area contributed by atoms with Crippen LogP contribution in [-0.4, -0.2) is 40.0 Å². The van der Waals surface area contributed by atoms with E-state index in [1.807, 2.05) is 13.8 Å². The van der Waals surface area contributed by atoms with Crippen molar-refractivity contribution < 1.29 is 4.74 Å². The van der Waals surface area contributed by atoms with Gasteiger partial charge in [0, 0.05) is 0 Å². The maximum absolute atomic E-state index is 4.85. The van der Waals surface area contributed by atoms with Crippen molar-refractivity contribution in [2.45, 2.75) is 20.0 Å². The van der Waals surface area contributed by atoms with Crippen molar-refractivity contribution in [3.63, 3.8) is 0 Å². The fraction of sp³-hybridized carbons (Fsp3) is 0.750. The number of hydrogen-bond donors (Lipinski definition) is 2. The Hall–Kier alpha value is 1.20. The maximum atomic E-state index is 4.85. The molecule has 0 heterocycles. The Kier molecular flexibility index (Phi) is 17.0. The average molecular weight is 177 g/mol. The molecule has 0 saturated carbocycles. The van der Waals surface area contributed by atoms with E-state index in [-0.39, 0.29) is 41.8 Å². The van der Waals surface area contributed by atoms with E-state index in [4.69, 9.17) is 4.74 Å². The minimum absolute atomic E-state index is 0. The minimum atomic E-state index is 0. The first-order chi connectivity index (χ1) is 3.13. The molecule has 0 amide bonds. The normalized spacial score (nSPS) is 7.11. The van der Waals surface area contributed by atoms with E-state index in [0.29, 0.717) is 4.38 Å². The number of ether oxygens (including phenoxy) is 1. The molecule has 0 aliphatic carbocycles. The molecule has 0 aliphatic heterocycles. The van der Waals surface area contributed by atoms with Gasteiger partial charge in [0.15, 0.2) is 0 Å². The number of thiocarbonyl (C=S) groups is 1. The summed E-state index contributed by atoms with van der Waals surface area (Å²) in [5.74, 6) is 0. The summed E-state index contributed by atoms with van der Waals surface area (Å²) in [5.41, 5.74) is 0. The molecular formula is C4H12NNaOS2. The molecule has 2 nitrogen and oxygen atoms in total. The molecule has 52 valence electrons. The average Bonchev–Trinajstić information content (AvgIpc) is 1.27. The first-order valence-electron chi connectivity index (χ1n) is 2.02. The van der Waals surface area contributed by atoms with E-state index in [1.54, 1.807) is 0 Å². The van der Waals surface area contributed by atoms with Crippen LogP contribution in [0, 0.1) is 0 Å². The molecule has 0 atom stereocenters. The van der Waals surface area contributed by atoms with Crippen molar-refractivity contribution >= 4 is 58.8 Å². The third-order valence-electron chi connectivity index (χ3n) is 0.337. The molecule has 5 heteroatoms. The quantitative estimate of drug-likeness (QED) is 0.358. The van der Waals surface area contributed by atoms with E-state index in [2.05, 4.69) is 24.8 Å². The van der Waals surface area contributed by atoms with Gasteiger partial charge in [0.1, 0.15) is 0 Å². The predicted octanol–water partition coefficient (Wildman–Crippen LogP) is 1.14. The molecule has 0 aromatic heterocycles. The summed E-state index contributed by atoms with van der Waals surface area (Å²) in [6.07, 6.45) is 0.157. The van der Waals surface area contributed by atoms with Crippen molar-refractivity contribution in [3.05, 3.63) is 0 Å². The van der Waals surface area contributed by atoms with Gasteiger partial charge in [0.25, 0.3) is 0 Å². The zero-order valence-electron chi connectivity index (χ0n) is 5.05. The van der Waals surface area contributed by atoms with Crippen LogP contribution < -0.4 is 6.15 Å². The molecule has 0 aromatic carbocycles. The Morgan fingerprint density at radius 1 is 1.56 bits per heavy atom. The monoisotopic (exact) mass is 177 g/mol. The number of thiol groups is 1. The Morgan fingerprint density at radius 2 is 1.89 bits per heavy atom. The molecule has 0 unspecified atom stereocenters. The summed E-state index contributed by atoms with van der Waals surface area (Å²) >= 11 is 8.26. The van der Waals surface area contributed by atoms with Gasteiger partial charge in [0.2, 0.25) is 4.38 Å². The second-order valence-electron chi connectivity index (χ2n) is 1.43. The van der Waals surface area contributed by atoms with E-state index in [9.17, 15) is 0 Å². The molecule has 0 bridgehead atoms. The third-order valence-corrected chi connectivity index (χ3v) is 0.538. The zero-order valence-corrected chi connectivity index (χ0v) is 6.76. The summed E-state index contributed by atoms with van der Waals surface area (Å²) in [7, 11) is 0. The molecule has 9 heavy (non-hydrogen) atoms. The SMILES string of the molecule is CC(C)OC(=S)S.N.[NaH]. The van der Waals surface area contributed by atoms with Crippen LogP contribution in [0.15, 0.2) is 0 Å². The van der Waals surface area contributed by atoms with Gasteiger partial charge in [-0.1, -0.05) is 12.6 Å². The zero-order chi connectivity index (χ0) is 5.86. The second-order valence-corrected chi connectivity index (χ2v) is 2.51. The van der Waals surface area contributed by atoms with Crippen LogP contribution in [0.25, 0.3) is 0 Å². The van der Waals surface area contributed by atoms with Gasteiger partial charge >= 0.3 is 29.6 Å². The van der Waals surface area contributed by atoms with Gasteiger partial charge in [-0.25, -0.2) is 0 Å². The fourth-order valence-corrected chi connectivity index (χ4v) is 0.605. The van der Waals surface area contributed by atoms with Crippen molar-refractivity contribution in [1.29, 1.82) is 0 Å². The van der Waals surface area contributed by atoms with E-state index >= 15 is 0 Å². The van der Waals surface area contributed by atoms with E-state index in [0.717, 1.165) is 0 Å². The molecule has 0 rings (SSSR count). The molecular weight excluding hydrogens is 165 g/mol. The van der Waals surface area contributed by atoms with Crippen molar-refractivity contribution in [2.24, 2.45) is 0 Å². The topological polar surface area (TPSA) is 44.2 Å². The van der Waals surface area contributed by atoms with Crippen molar-refractivity contribution in [1.82, 2.24) is 6.15 Å². The summed E-state index contributed by atoms with van der Waals surface area (Å²) in [4.78, 5) is 0. The fourth-order valence-electron chi connectivity index (χ4n) is 0.202. The Bertz CT molecular complexity index is 79.0. The summed E-state index contributed by atoms with van der Waals surface area (Å²) in [5, 5.41) is 0. The second kappa shape index (κ2) is 9.20. The van der Waals surface area contributed by atoms with Gasteiger partial charge in [-0.15, -0.1) is 0 Å².